The normalized spacial score (nSPS) is 18.3. The molecule has 0 N–H and O–H groups in total. The van der Waals surface area contributed by atoms with Gasteiger partial charge in [0.15, 0.2) is 0 Å². The van der Waals surface area contributed by atoms with E-state index in [0.717, 1.165) is 12.8 Å². The van der Waals surface area contributed by atoms with E-state index in [2.05, 4.69) is 10.0 Å². The maximum Gasteiger partial charge on any atom is 0.243 e. The van der Waals surface area contributed by atoms with Gasteiger partial charge in [0, 0.05) is 25.1 Å². The fourth-order valence-corrected chi connectivity index (χ4v) is 4.18. The first-order valence-corrected chi connectivity index (χ1v) is 8.71. The minimum Gasteiger partial charge on any atom is -0.376 e. The maximum absolute atomic E-state index is 13.0. The van der Waals surface area contributed by atoms with Crippen molar-refractivity contribution in [2.24, 2.45) is 5.11 Å². The number of halogens is 1. The Morgan fingerprint density at radius 3 is 2.43 bits per heavy atom. The van der Waals surface area contributed by atoms with E-state index in [1.165, 1.54) is 23.5 Å². The van der Waals surface area contributed by atoms with Crippen molar-refractivity contribution in [1.82, 2.24) is 4.31 Å². The second-order valence-corrected chi connectivity index (χ2v) is 7.20. The van der Waals surface area contributed by atoms with Crippen molar-refractivity contribution in [3.63, 3.8) is 0 Å². The molecule has 7 nitrogen and oxygen atoms in total. The van der Waals surface area contributed by atoms with Crippen LogP contribution in [0.4, 0.5) is 4.39 Å². The second kappa shape index (κ2) is 7.74. The number of hydrogen-bond acceptors (Lipinski definition) is 4. The molecule has 0 saturated carbocycles. The van der Waals surface area contributed by atoms with Gasteiger partial charge in [-0.25, -0.2) is 8.42 Å². The Morgan fingerprint density at radius 2 is 1.96 bits per heavy atom. The molecule has 1 fully saturated rings. The van der Waals surface area contributed by atoms with Crippen LogP contribution < -0.4 is 0 Å². The number of nitrogens with zero attached hydrogens (tertiary/aromatic N) is 4. The van der Waals surface area contributed by atoms with Crippen molar-refractivity contribution in [3.8, 4) is 0 Å². The predicted molar refractivity (Wildman–Crippen MR) is 83.1 cm³/mol. The third-order valence-electron chi connectivity index (χ3n) is 3.87. The van der Waals surface area contributed by atoms with Gasteiger partial charge in [-0.3, -0.25) is 4.39 Å². The number of sulfonamides is 1. The fraction of sp³-hybridized carbons (Fsp3) is 0.571. The Morgan fingerprint density at radius 1 is 1.35 bits per heavy atom. The van der Waals surface area contributed by atoms with Crippen LogP contribution in [0.25, 0.3) is 10.4 Å². The molecule has 0 unspecified atom stereocenters. The third-order valence-corrected chi connectivity index (χ3v) is 5.79. The molecule has 1 saturated heterocycles. The first-order valence-electron chi connectivity index (χ1n) is 7.27. The minimum absolute atomic E-state index is 0.193. The van der Waals surface area contributed by atoms with Crippen molar-refractivity contribution in [1.29, 1.82) is 0 Å². The molecule has 0 aliphatic carbocycles. The van der Waals surface area contributed by atoms with Crippen LogP contribution in [0.3, 0.4) is 0 Å². The average molecular weight is 342 g/mol. The molecule has 126 valence electrons. The lowest BCUT2D eigenvalue weighted by Gasteiger charge is -2.21. The Hall–Kier alpha value is -1.67. The molecule has 23 heavy (non-hydrogen) atoms. The van der Waals surface area contributed by atoms with E-state index in [9.17, 15) is 12.8 Å². The van der Waals surface area contributed by atoms with E-state index >= 15 is 0 Å². The lowest BCUT2D eigenvalue weighted by atomic mass is 10.0. The highest BCUT2D eigenvalue weighted by Gasteiger charge is 2.28. The molecular weight excluding hydrogens is 323 g/mol. The monoisotopic (exact) mass is 342 g/mol. The van der Waals surface area contributed by atoms with Crippen molar-refractivity contribution < 1.29 is 17.5 Å². The molecule has 1 aliphatic rings. The van der Waals surface area contributed by atoms with Crippen LogP contribution in [0.5, 0.6) is 0 Å². The number of ether oxygens (including phenoxy) is 1. The third kappa shape index (κ3) is 3.81. The minimum atomic E-state index is -3.49. The van der Waals surface area contributed by atoms with Crippen LogP contribution in [0, 0.1) is 0 Å². The van der Waals surface area contributed by atoms with Gasteiger partial charge in [-0.15, -0.1) is 0 Å². The Bertz CT molecular complexity index is 668. The lowest BCUT2D eigenvalue weighted by Crippen LogP contribution is -2.28. The number of azide groups is 1. The summed E-state index contributed by atoms with van der Waals surface area (Å²) in [6.45, 7) is 0.202. The quantitative estimate of drug-likeness (QED) is 0.433. The summed E-state index contributed by atoms with van der Waals surface area (Å²) in [6, 6.07) is 5.08. The van der Waals surface area contributed by atoms with E-state index < -0.39 is 28.8 Å². The summed E-state index contributed by atoms with van der Waals surface area (Å²) in [4.78, 5) is 2.81. The number of benzene rings is 1. The standard InChI is InChI=1S/C14H19FN4O3S/c1-22-14(13(10-15)17-18-16)11-4-6-12(7-5-11)23(20,21)19-8-2-3-9-19/h4-7,13-14H,2-3,8-10H2,1H3/t13-,14-/m1/s1. The zero-order chi connectivity index (χ0) is 16.9. The van der Waals surface area contributed by atoms with Gasteiger partial charge in [0.2, 0.25) is 10.0 Å². The zero-order valence-electron chi connectivity index (χ0n) is 12.8. The van der Waals surface area contributed by atoms with Crippen LogP contribution in [-0.4, -0.2) is 45.6 Å². The van der Waals surface area contributed by atoms with Gasteiger partial charge < -0.3 is 4.74 Å². The molecular formula is C14H19FN4O3S. The van der Waals surface area contributed by atoms with Crippen molar-refractivity contribution >= 4 is 10.0 Å². The number of methoxy groups -OCH3 is 1. The van der Waals surface area contributed by atoms with Crippen LogP contribution in [-0.2, 0) is 14.8 Å². The molecule has 0 bridgehead atoms. The fourth-order valence-electron chi connectivity index (χ4n) is 2.66. The molecule has 0 amide bonds. The predicted octanol–water partition coefficient (Wildman–Crippen LogP) is 2.81. The highest BCUT2D eigenvalue weighted by Crippen LogP contribution is 2.27. The number of rotatable bonds is 7. The van der Waals surface area contributed by atoms with Crippen molar-refractivity contribution in [3.05, 3.63) is 40.3 Å². The topological polar surface area (TPSA) is 95.4 Å². The molecule has 1 aromatic rings. The van der Waals surface area contributed by atoms with Crippen LogP contribution >= 0.6 is 0 Å². The molecule has 2 atom stereocenters. The molecule has 0 spiro atoms. The van der Waals surface area contributed by atoms with Gasteiger partial charge in [-0.05, 0) is 36.1 Å². The number of alkyl halides is 1. The van der Waals surface area contributed by atoms with E-state index in [-0.39, 0.29) is 4.90 Å². The van der Waals surface area contributed by atoms with Crippen LogP contribution in [0.2, 0.25) is 0 Å². The van der Waals surface area contributed by atoms with Gasteiger partial charge in [0.25, 0.3) is 0 Å². The Labute approximate surface area is 134 Å². The summed E-state index contributed by atoms with van der Waals surface area (Å²) in [6.07, 6.45) is 0.973. The summed E-state index contributed by atoms with van der Waals surface area (Å²) in [7, 11) is -2.10. The van der Waals surface area contributed by atoms with Gasteiger partial charge in [-0.2, -0.15) is 4.31 Å². The maximum atomic E-state index is 13.0. The summed E-state index contributed by atoms with van der Waals surface area (Å²) < 4.78 is 44.5. The smallest absolute Gasteiger partial charge is 0.243 e. The van der Waals surface area contributed by atoms with E-state index in [1.54, 1.807) is 12.1 Å². The first-order chi connectivity index (χ1) is 11.0. The Kier molecular flexibility index (Phi) is 5.95. The van der Waals surface area contributed by atoms with Gasteiger partial charge in [0.1, 0.15) is 6.67 Å². The Balaban J connectivity index is 2.25. The van der Waals surface area contributed by atoms with Gasteiger partial charge >= 0.3 is 0 Å². The first kappa shape index (κ1) is 17.7. The molecule has 1 heterocycles. The average Bonchev–Trinajstić information content (AvgIpc) is 3.10. The van der Waals surface area contributed by atoms with Crippen molar-refractivity contribution in [2.45, 2.75) is 29.9 Å². The van der Waals surface area contributed by atoms with Gasteiger partial charge in [0.05, 0.1) is 17.0 Å². The summed E-state index contributed by atoms with van der Waals surface area (Å²) in [5.41, 5.74) is 9.04. The summed E-state index contributed by atoms with van der Waals surface area (Å²) in [5, 5.41) is 3.38. The van der Waals surface area contributed by atoms with E-state index in [4.69, 9.17) is 10.3 Å². The second-order valence-electron chi connectivity index (χ2n) is 5.26. The molecule has 9 heteroatoms. The molecule has 1 aromatic carbocycles. The SMILES string of the molecule is CO[C@H](c1ccc(S(=O)(=O)N2CCCC2)cc1)[C@@H](CF)N=[N+]=[N-]. The molecule has 1 aliphatic heterocycles. The van der Waals surface area contributed by atoms with Crippen LogP contribution in [0.15, 0.2) is 34.3 Å². The van der Waals surface area contributed by atoms with Crippen LogP contribution in [0.1, 0.15) is 24.5 Å². The van der Waals surface area contributed by atoms with E-state index in [1.807, 2.05) is 0 Å². The number of hydrogen-bond donors (Lipinski definition) is 0. The van der Waals surface area contributed by atoms with E-state index in [0.29, 0.717) is 18.7 Å². The largest absolute Gasteiger partial charge is 0.376 e. The van der Waals surface area contributed by atoms with Crippen molar-refractivity contribution in [2.75, 3.05) is 26.9 Å². The summed E-state index contributed by atoms with van der Waals surface area (Å²) in [5.74, 6) is 0. The zero-order valence-corrected chi connectivity index (χ0v) is 13.6. The molecule has 0 radical (unpaired) electrons. The molecule has 0 aromatic heterocycles. The summed E-state index contributed by atoms with van der Waals surface area (Å²) >= 11 is 0. The highest BCUT2D eigenvalue weighted by atomic mass is 32.2. The highest BCUT2D eigenvalue weighted by molar-refractivity contribution is 7.89. The molecule has 2 rings (SSSR count). The van der Waals surface area contributed by atoms with Gasteiger partial charge in [-0.1, -0.05) is 17.2 Å². The lowest BCUT2D eigenvalue weighted by molar-refractivity contribution is 0.0721.